The van der Waals surface area contributed by atoms with Crippen molar-refractivity contribution in [1.29, 1.82) is 0 Å². The number of benzene rings is 2. The van der Waals surface area contributed by atoms with E-state index in [2.05, 4.69) is 10.3 Å². The number of H-pyrrole nitrogens is 1. The van der Waals surface area contributed by atoms with Crippen molar-refractivity contribution in [3.63, 3.8) is 0 Å². The number of fused-ring (bicyclic) bond motifs is 2. The van der Waals surface area contributed by atoms with Crippen LogP contribution in [0.5, 0.6) is 0 Å². The van der Waals surface area contributed by atoms with Crippen LogP contribution in [0.25, 0.3) is 21.8 Å². The molecule has 0 radical (unpaired) electrons. The number of pyridine rings is 1. The van der Waals surface area contributed by atoms with Gasteiger partial charge in [0.1, 0.15) is 0 Å². The van der Waals surface area contributed by atoms with Crippen LogP contribution in [0.3, 0.4) is 0 Å². The van der Waals surface area contributed by atoms with E-state index in [4.69, 9.17) is 11.6 Å². The number of nitrogens with one attached hydrogen (secondary N) is 2. The Morgan fingerprint density at radius 2 is 1.74 bits per heavy atom. The summed E-state index contributed by atoms with van der Waals surface area (Å²) in [6, 6.07) is 10.3. The van der Waals surface area contributed by atoms with E-state index < -0.39 is 0 Å². The summed E-state index contributed by atoms with van der Waals surface area (Å²) >= 11 is 6.10. The van der Waals surface area contributed by atoms with Gasteiger partial charge in [0.05, 0.1) is 21.7 Å². The molecule has 4 nitrogen and oxygen atoms in total. The highest BCUT2D eigenvalue weighted by Crippen LogP contribution is 2.25. The molecule has 5 heteroatoms. The molecular weight excluding hydrogens is 264 g/mol. The molecule has 0 aliphatic rings. The standard InChI is InChI=1S/C14H9ClN2O2/c15-10-5-1-3-8-12(10)17-13-9(14(8)19)4-2-6-11(13)16-7-18/h1-7H,(H,16,18)(H,17,19). The van der Waals surface area contributed by atoms with Crippen molar-refractivity contribution in [3.8, 4) is 0 Å². The summed E-state index contributed by atoms with van der Waals surface area (Å²) in [4.78, 5) is 26.1. The first kappa shape index (κ1) is 11.7. The molecule has 0 saturated heterocycles. The molecule has 0 bridgehead atoms. The molecule has 19 heavy (non-hydrogen) atoms. The molecule has 1 heterocycles. The minimum absolute atomic E-state index is 0.110. The van der Waals surface area contributed by atoms with Crippen LogP contribution in [-0.2, 0) is 4.79 Å². The highest BCUT2D eigenvalue weighted by Gasteiger charge is 2.09. The molecule has 0 aliphatic carbocycles. The largest absolute Gasteiger partial charge is 0.351 e. The van der Waals surface area contributed by atoms with Crippen LogP contribution in [0.15, 0.2) is 41.2 Å². The maximum absolute atomic E-state index is 12.4. The molecule has 94 valence electrons. The van der Waals surface area contributed by atoms with E-state index in [0.717, 1.165) is 0 Å². The number of para-hydroxylation sites is 2. The first-order chi connectivity index (χ1) is 9.22. The Hall–Kier alpha value is -2.33. The molecule has 3 aromatic rings. The zero-order chi connectivity index (χ0) is 13.4. The Kier molecular flexibility index (Phi) is 2.72. The molecule has 2 N–H and O–H groups in total. The van der Waals surface area contributed by atoms with Gasteiger partial charge in [0.2, 0.25) is 6.41 Å². The van der Waals surface area contributed by atoms with Gasteiger partial charge in [-0.15, -0.1) is 0 Å². The maximum Gasteiger partial charge on any atom is 0.211 e. The summed E-state index contributed by atoms with van der Waals surface area (Å²) in [6.45, 7) is 0. The van der Waals surface area contributed by atoms with E-state index >= 15 is 0 Å². The summed E-state index contributed by atoms with van der Waals surface area (Å²) in [6.07, 6.45) is 0.573. The molecule has 0 aliphatic heterocycles. The van der Waals surface area contributed by atoms with E-state index in [1.807, 2.05) is 0 Å². The first-order valence-electron chi connectivity index (χ1n) is 5.66. The van der Waals surface area contributed by atoms with Crippen LogP contribution >= 0.6 is 11.6 Å². The van der Waals surface area contributed by atoms with Crippen molar-refractivity contribution in [2.24, 2.45) is 0 Å². The average Bonchev–Trinajstić information content (AvgIpc) is 2.42. The number of hydrogen-bond acceptors (Lipinski definition) is 2. The Morgan fingerprint density at radius 3 is 2.47 bits per heavy atom. The molecule has 1 aromatic heterocycles. The Morgan fingerprint density at radius 1 is 1.05 bits per heavy atom. The van der Waals surface area contributed by atoms with Crippen LogP contribution in [0.1, 0.15) is 0 Å². The molecular formula is C14H9ClN2O2. The fourth-order valence-corrected chi connectivity index (χ4v) is 2.39. The lowest BCUT2D eigenvalue weighted by atomic mass is 10.1. The molecule has 0 unspecified atom stereocenters. The van der Waals surface area contributed by atoms with Crippen LogP contribution in [0.2, 0.25) is 5.02 Å². The highest BCUT2D eigenvalue weighted by atomic mass is 35.5. The Balaban J connectivity index is 2.54. The molecule has 0 saturated carbocycles. The second-order valence-electron chi connectivity index (χ2n) is 4.11. The summed E-state index contributed by atoms with van der Waals surface area (Å²) in [5.74, 6) is 0. The zero-order valence-corrected chi connectivity index (χ0v) is 10.5. The van der Waals surface area contributed by atoms with Gasteiger partial charge in [-0.2, -0.15) is 0 Å². The summed E-state index contributed by atoms with van der Waals surface area (Å²) in [7, 11) is 0. The minimum Gasteiger partial charge on any atom is -0.351 e. The highest BCUT2D eigenvalue weighted by molar-refractivity contribution is 6.35. The quantitative estimate of drug-likeness (QED) is 0.557. The number of amides is 1. The van der Waals surface area contributed by atoms with Crippen molar-refractivity contribution in [2.45, 2.75) is 0 Å². The Labute approximate surface area is 113 Å². The van der Waals surface area contributed by atoms with Gasteiger partial charge in [-0.3, -0.25) is 9.59 Å². The molecule has 0 atom stereocenters. The van der Waals surface area contributed by atoms with Crippen LogP contribution < -0.4 is 10.7 Å². The fourth-order valence-electron chi connectivity index (χ4n) is 2.17. The number of aromatic nitrogens is 1. The smallest absolute Gasteiger partial charge is 0.211 e. The number of carbonyl (C=O) groups is 1. The SMILES string of the molecule is O=CNc1cccc2c(=O)c3cccc(Cl)c3[nH]c12. The number of hydrogen-bond donors (Lipinski definition) is 2. The third-order valence-electron chi connectivity index (χ3n) is 3.03. The van der Waals surface area contributed by atoms with Crippen molar-refractivity contribution < 1.29 is 4.79 Å². The maximum atomic E-state index is 12.4. The first-order valence-corrected chi connectivity index (χ1v) is 6.03. The predicted octanol–water partition coefficient (Wildman–Crippen LogP) is 2.90. The topological polar surface area (TPSA) is 62.0 Å². The van der Waals surface area contributed by atoms with E-state index in [1.54, 1.807) is 36.4 Å². The third kappa shape index (κ3) is 1.77. The molecule has 2 aromatic carbocycles. The van der Waals surface area contributed by atoms with E-state index in [0.29, 0.717) is 38.9 Å². The molecule has 1 amide bonds. The number of anilines is 1. The van der Waals surface area contributed by atoms with E-state index in [9.17, 15) is 9.59 Å². The summed E-state index contributed by atoms with van der Waals surface area (Å²) in [5, 5.41) is 4.08. The lowest BCUT2D eigenvalue weighted by molar-refractivity contribution is -0.105. The van der Waals surface area contributed by atoms with Crippen LogP contribution in [-0.4, -0.2) is 11.4 Å². The van der Waals surface area contributed by atoms with Crippen LogP contribution in [0, 0.1) is 0 Å². The second-order valence-corrected chi connectivity index (χ2v) is 4.51. The number of aromatic amines is 1. The molecule has 0 spiro atoms. The lowest BCUT2D eigenvalue weighted by Gasteiger charge is -2.07. The van der Waals surface area contributed by atoms with Crippen molar-refractivity contribution in [1.82, 2.24) is 4.98 Å². The van der Waals surface area contributed by atoms with Gasteiger partial charge in [0.25, 0.3) is 0 Å². The third-order valence-corrected chi connectivity index (χ3v) is 3.35. The number of rotatable bonds is 2. The zero-order valence-electron chi connectivity index (χ0n) is 9.74. The average molecular weight is 273 g/mol. The minimum atomic E-state index is -0.110. The summed E-state index contributed by atoms with van der Waals surface area (Å²) < 4.78 is 0. The lowest BCUT2D eigenvalue weighted by Crippen LogP contribution is -2.06. The van der Waals surface area contributed by atoms with Gasteiger partial charge in [-0.25, -0.2) is 0 Å². The van der Waals surface area contributed by atoms with Crippen molar-refractivity contribution in [3.05, 3.63) is 51.6 Å². The predicted molar refractivity (Wildman–Crippen MR) is 76.8 cm³/mol. The van der Waals surface area contributed by atoms with E-state index in [1.165, 1.54) is 0 Å². The monoisotopic (exact) mass is 272 g/mol. The normalized spacial score (nSPS) is 10.8. The van der Waals surface area contributed by atoms with Crippen molar-refractivity contribution >= 4 is 45.5 Å². The number of halogens is 1. The second kappa shape index (κ2) is 4.40. The van der Waals surface area contributed by atoms with Gasteiger partial charge in [-0.05, 0) is 24.3 Å². The summed E-state index contributed by atoms with van der Waals surface area (Å²) in [5.41, 5.74) is 1.58. The van der Waals surface area contributed by atoms with Gasteiger partial charge < -0.3 is 10.3 Å². The molecule has 0 fully saturated rings. The fraction of sp³-hybridized carbons (Fsp3) is 0. The van der Waals surface area contributed by atoms with Crippen molar-refractivity contribution in [2.75, 3.05) is 5.32 Å². The molecule has 3 rings (SSSR count). The Bertz CT molecular complexity index is 855. The van der Waals surface area contributed by atoms with Crippen LogP contribution in [0.4, 0.5) is 5.69 Å². The van der Waals surface area contributed by atoms with E-state index in [-0.39, 0.29) is 5.43 Å². The number of carbonyl (C=O) groups excluding carboxylic acids is 1. The van der Waals surface area contributed by atoms with Gasteiger partial charge >= 0.3 is 0 Å². The van der Waals surface area contributed by atoms with Gasteiger partial charge in [-0.1, -0.05) is 23.7 Å². The van der Waals surface area contributed by atoms with Gasteiger partial charge in [0, 0.05) is 10.8 Å². The van der Waals surface area contributed by atoms with Gasteiger partial charge in [0.15, 0.2) is 5.43 Å².